The van der Waals surface area contributed by atoms with Gasteiger partial charge in [-0.15, -0.1) is 0 Å². The SMILES string of the molecule is Cc1ccc(S(=O)(=O)NCCCNC(=O)C2(Cn3ccnc3)CC2)cc1. The highest BCUT2D eigenvalue weighted by Gasteiger charge is 2.49. The Bertz CT molecular complexity index is 841. The number of aromatic nitrogens is 2. The molecule has 2 N–H and O–H groups in total. The number of aryl methyl sites for hydroxylation is 1. The molecule has 0 unspecified atom stereocenters. The molecule has 0 saturated heterocycles. The number of carbonyl (C=O) groups is 1. The number of nitrogens with one attached hydrogen (secondary N) is 2. The lowest BCUT2D eigenvalue weighted by Crippen LogP contribution is -2.36. The van der Waals surface area contributed by atoms with Gasteiger partial charge in [-0.1, -0.05) is 17.7 Å². The summed E-state index contributed by atoms with van der Waals surface area (Å²) in [5, 5.41) is 2.92. The highest BCUT2D eigenvalue weighted by molar-refractivity contribution is 7.89. The number of imidazole rings is 1. The third kappa shape index (κ3) is 4.50. The molecule has 8 heteroatoms. The summed E-state index contributed by atoms with van der Waals surface area (Å²) in [5.74, 6) is 0.0348. The highest BCUT2D eigenvalue weighted by atomic mass is 32.2. The molecule has 0 aliphatic heterocycles. The van der Waals surface area contributed by atoms with E-state index in [0.717, 1.165) is 18.4 Å². The van der Waals surface area contributed by atoms with E-state index in [-0.39, 0.29) is 22.8 Å². The van der Waals surface area contributed by atoms with Crippen molar-refractivity contribution in [2.45, 2.75) is 37.6 Å². The fraction of sp³-hybridized carbons (Fsp3) is 0.444. The summed E-state index contributed by atoms with van der Waals surface area (Å²) < 4.78 is 28.8. The minimum Gasteiger partial charge on any atom is -0.356 e. The van der Waals surface area contributed by atoms with E-state index in [1.807, 2.05) is 17.7 Å². The molecule has 0 atom stereocenters. The highest BCUT2D eigenvalue weighted by Crippen LogP contribution is 2.47. The molecule has 1 amide bonds. The second-order valence-electron chi connectivity index (χ2n) is 6.84. The van der Waals surface area contributed by atoms with Gasteiger partial charge in [0.1, 0.15) is 0 Å². The Balaban J connectivity index is 1.40. The average molecular weight is 376 g/mol. The van der Waals surface area contributed by atoms with Gasteiger partial charge in [0, 0.05) is 32.0 Å². The summed E-state index contributed by atoms with van der Waals surface area (Å²) in [6.07, 6.45) is 7.56. The van der Waals surface area contributed by atoms with Gasteiger partial charge < -0.3 is 9.88 Å². The van der Waals surface area contributed by atoms with Crippen molar-refractivity contribution in [1.29, 1.82) is 0 Å². The molecule has 1 aliphatic carbocycles. The summed E-state index contributed by atoms with van der Waals surface area (Å²) in [4.78, 5) is 16.6. The number of rotatable bonds is 9. The minimum atomic E-state index is -3.50. The Hall–Kier alpha value is -2.19. The number of nitrogens with zero attached hydrogens (tertiary/aromatic N) is 2. The first kappa shape index (κ1) is 18.6. The van der Waals surface area contributed by atoms with Gasteiger partial charge >= 0.3 is 0 Å². The summed E-state index contributed by atoms with van der Waals surface area (Å²) in [7, 11) is -3.50. The Morgan fingerprint density at radius 2 is 1.96 bits per heavy atom. The van der Waals surface area contributed by atoms with E-state index in [1.54, 1.807) is 36.8 Å². The van der Waals surface area contributed by atoms with Crippen molar-refractivity contribution in [2.75, 3.05) is 13.1 Å². The lowest BCUT2D eigenvalue weighted by atomic mass is 10.1. The predicted molar refractivity (Wildman–Crippen MR) is 97.9 cm³/mol. The zero-order valence-corrected chi connectivity index (χ0v) is 15.6. The molecule has 7 nitrogen and oxygen atoms in total. The molecular formula is C18H24N4O3S. The molecule has 1 saturated carbocycles. The maximum absolute atomic E-state index is 12.4. The standard InChI is InChI=1S/C18H24N4O3S/c1-15-3-5-16(6-4-15)26(24,25)21-10-2-9-20-17(23)18(7-8-18)13-22-12-11-19-14-22/h3-6,11-12,14,21H,2,7-10,13H2,1H3,(H,20,23). The Labute approximate surface area is 153 Å². The van der Waals surface area contributed by atoms with Crippen molar-refractivity contribution >= 4 is 15.9 Å². The van der Waals surface area contributed by atoms with Crippen molar-refractivity contribution in [1.82, 2.24) is 19.6 Å². The lowest BCUT2D eigenvalue weighted by molar-refractivity contribution is -0.126. The first-order chi connectivity index (χ1) is 12.4. The molecule has 0 radical (unpaired) electrons. The largest absolute Gasteiger partial charge is 0.356 e. The van der Waals surface area contributed by atoms with Crippen molar-refractivity contribution in [3.63, 3.8) is 0 Å². The number of hydrogen-bond donors (Lipinski definition) is 2. The molecule has 0 spiro atoms. The lowest BCUT2D eigenvalue weighted by Gasteiger charge is -2.16. The molecule has 3 rings (SSSR count). The molecule has 1 aromatic heterocycles. The zero-order chi connectivity index (χ0) is 18.6. The summed E-state index contributed by atoms with van der Waals surface area (Å²) in [6.45, 7) is 3.27. The van der Waals surface area contributed by atoms with E-state index in [0.29, 0.717) is 19.5 Å². The van der Waals surface area contributed by atoms with Gasteiger partial charge in [-0.2, -0.15) is 0 Å². The van der Waals surface area contributed by atoms with Crippen molar-refractivity contribution < 1.29 is 13.2 Å². The Morgan fingerprint density at radius 1 is 1.23 bits per heavy atom. The Kier molecular flexibility index (Phi) is 5.43. The van der Waals surface area contributed by atoms with Crippen molar-refractivity contribution in [2.24, 2.45) is 5.41 Å². The quantitative estimate of drug-likeness (QED) is 0.648. The number of carbonyl (C=O) groups excluding carboxylic acids is 1. The van der Waals surface area contributed by atoms with Gasteiger partial charge in [0.25, 0.3) is 0 Å². The van der Waals surface area contributed by atoms with Crippen molar-refractivity contribution in [3.05, 3.63) is 48.5 Å². The monoisotopic (exact) mass is 376 g/mol. The summed E-state index contributed by atoms with van der Waals surface area (Å²) in [5.41, 5.74) is 0.679. The first-order valence-electron chi connectivity index (χ1n) is 8.72. The van der Waals surface area contributed by atoms with Crippen LogP contribution in [0.15, 0.2) is 47.9 Å². The first-order valence-corrected chi connectivity index (χ1v) is 10.2. The number of amides is 1. The molecule has 26 heavy (non-hydrogen) atoms. The normalized spacial score (nSPS) is 15.6. The van der Waals surface area contributed by atoms with Crippen molar-refractivity contribution in [3.8, 4) is 0 Å². The van der Waals surface area contributed by atoms with E-state index in [1.165, 1.54) is 0 Å². The zero-order valence-electron chi connectivity index (χ0n) is 14.8. The summed E-state index contributed by atoms with van der Waals surface area (Å²) in [6, 6.07) is 6.72. The van der Waals surface area contributed by atoms with Crippen LogP contribution >= 0.6 is 0 Å². The van der Waals surface area contributed by atoms with Crippen LogP contribution in [0.3, 0.4) is 0 Å². The third-order valence-corrected chi connectivity index (χ3v) is 6.12. The van der Waals surface area contributed by atoms with Crippen LogP contribution in [0, 0.1) is 12.3 Å². The number of sulfonamides is 1. The molecule has 1 fully saturated rings. The topological polar surface area (TPSA) is 93.1 Å². The minimum absolute atomic E-state index is 0.0348. The predicted octanol–water partition coefficient (Wildman–Crippen LogP) is 1.46. The van der Waals surface area contributed by atoms with E-state index in [4.69, 9.17) is 0 Å². The number of benzene rings is 1. The van der Waals surface area contributed by atoms with Gasteiger partial charge in [0.05, 0.1) is 16.6 Å². The maximum Gasteiger partial charge on any atom is 0.240 e. The maximum atomic E-state index is 12.4. The van der Waals surface area contributed by atoms with E-state index in [9.17, 15) is 13.2 Å². The van der Waals surface area contributed by atoms with Crippen LogP contribution in [0.5, 0.6) is 0 Å². The van der Waals surface area contributed by atoms with Gasteiger partial charge in [0.15, 0.2) is 0 Å². The van der Waals surface area contributed by atoms with Gasteiger partial charge in [-0.05, 0) is 38.3 Å². The second-order valence-corrected chi connectivity index (χ2v) is 8.60. The van der Waals surface area contributed by atoms with Gasteiger partial charge in [0.2, 0.25) is 15.9 Å². The molecule has 2 aromatic rings. The number of hydrogen-bond acceptors (Lipinski definition) is 4. The van der Waals surface area contributed by atoms with Crippen LogP contribution in [-0.2, 0) is 21.4 Å². The fourth-order valence-electron chi connectivity index (χ4n) is 2.82. The van der Waals surface area contributed by atoms with Crippen LogP contribution < -0.4 is 10.0 Å². The van der Waals surface area contributed by atoms with Crippen LogP contribution in [0.1, 0.15) is 24.8 Å². The molecule has 0 bridgehead atoms. The van der Waals surface area contributed by atoms with E-state index in [2.05, 4.69) is 15.0 Å². The fourth-order valence-corrected chi connectivity index (χ4v) is 3.90. The van der Waals surface area contributed by atoms with E-state index >= 15 is 0 Å². The van der Waals surface area contributed by atoms with Crippen LogP contribution in [0.2, 0.25) is 0 Å². The van der Waals surface area contributed by atoms with Crippen LogP contribution in [0.4, 0.5) is 0 Å². The Morgan fingerprint density at radius 3 is 2.58 bits per heavy atom. The van der Waals surface area contributed by atoms with E-state index < -0.39 is 10.0 Å². The average Bonchev–Trinajstić information content (AvgIpc) is 3.21. The smallest absolute Gasteiger partial charge is 0.240 e. The molecule has 1 aromatic carbocycles. The molecule has 140 valence electrons. The molecule has 1 aliphatic rings. The van der Waals surface area contributed by atoms with Gasteiger partial charge in [-0.3, -0.25) is 4.79 Å². The van der Waals surface area contributed by atoms with Crippen LogP contribution in [0.25, 0.3) is 0 Å². The molecular weight excluding hydrogens is 352 g/mol. The summed E-state index contributed by atoms with van der Waals surface area (Å²) >= 11 is 0. The third-order valence-electron chi connectivity index (χ3n) is 4.64. The van der Waals surface area contributed by atoms with Gasteiger partial charge in [-0.25, -0.2) is 18.1 Å². The van der Waals surface area contributed by atoms with Crippen LogP contribution in [-0.4, -0.2) is 37.0 Å². The molecule has 1 heterocycles. The second kappa shape index (κ2) is 7.59.